The monoisotopic (exact) mass is 432 g/mol. The summed E-state index contributed by atoms with van der Waals surface area (Å²) in [5, 5.41) is 9.00. The predicted molar refractivity (Wildman–Crippen MR) is 128 cm³/mol. The van der Waals surface area contributed by atoms with E-state index in [1.165, 1.54) is 12.8 Å². The molecule has 2 heterocycles. The highest BCUT2D eigenvalue weighted by molar-refractivity contribution is 6.00. The van der Waals surface area contributed by atoms with Gasteiger partial charge in [0.1, 0.15) is 11.6 Å². The Hall–Kier alpha value is -3.81. The predicted octanol–water partition coefficient (Wildman–Crippen LogP) is 5.09. The highest BCUT2D eigenvalue weighted by Crippen LogP contribution is 2.26. The summed E-state index contributed by atoms with van der Waals surface area (Å²) in [7, 11) is 1.58. The van der Waals surface area contributed by atoms with Crippen molar-refractivity contribution in [2.45, 2.75) is 26.7 Å². The van der Waals surface area contributed by atoms with Crippen molar-refractivity contribution in [3.05, 3.63) is 59.8 Å². The molecule has 3 aromatic rings. The molecule has 2 aromatic carbocycles. The Labute approximate surface area is 188 Å². The summed E-state index contributed by atoms with van der Waals surface area (Å²) >= 11 is 0. The summed E-state index contributed by atoms with van der Waals surface area (Å²) in [5.41, 5.74) is 4.13. The van der Waals surface area contributed by atoms with E-state index in [2.05, 4.69) is 30.8 Å². The molecule has 1 fully saturated rings. The molecule has 8 nitrogen and oxygen atoms in total. The number of anilines is 5. The molecule has 32 heavy (non-hydrogen) atoms. The van der Waals surface area contributed by atoms with Gasteiger partial charge in [-0.25, -0.2) is 9.78 Å². The number of rotatable bonds is 6. The average Bonchev–Trinajstić information content (AvgIpc) is 3.30. The molecule has 0 atom stereocenters. The topological polar surface area (TPSA) is 91.4 Å². The standard InChI is InChI=1S/C24H28N6O2/c1-16-6-11-21(32-3)20(14-16)28-24(31)27-19-9-7-18(8-10-19)26-22-15-17(2)25-23(29-22)30-12-4-5-13-30/h6-11,14-15H,4-5,12-13H2,1-3H3,(H,25,26,29)(H2,27,28,31). The first-order chi connectivity index (χ1) is 15.5. The smallest absolute Gasteiger partial charge is 0.323 e. The lowest BCUT2D eigenvalue weighted by molar-refractivity contribution is 0.262. The highest BCUT2D eigenvalue weighted by Gasteiger charge is 2.16. The quantitative estimate of drug-likeness (QED) is 0.503. The maximum atomic E-state index is 12.4. The number of nitrogens with one attached hydrogen (secondary N) is 3. The number of benzene rings is 2. The highest BCUT2D eigenvalue weighted by atomic mass is 16.5. The molecule has 1 aliphatic heterocycles. The summed E-state index contributed by atoms with van der Waals surface area (Å²) in [4.78, 5) is 23.9. The molecule has 166 valence electrons. The molecule has 1 aliphatic rings. The minimum absolute atomic E-state index is 0.337. The Morgan fingerprint density at radius 1 is 0.938 bits per heavy atom. The fraction of sp³-hybridized carbons (Fsp3) is 0.292. The van der Waals surface area contributed by atoms with Crippen LogP contribution in [0, 0.1) is 13.8 Å². The van der Waals surface area contributed by atoms with Gasteiger partial charge in [-0.2, -0.15) is 4.98 Å². The molecule has 0 radical (unpaired) electrons. The number of amides is 2. The van der Waals surface area contributed by atoms with Gasteiger partial charge in [0.15, 0.2) is 0 Å². The largest absolute Gasteiger partial charge is 0.495 e. The van der Waals surface area contributed by atoms with Crippen LogP contribution in [-0.4, -0.2) is 36.2 Å². The van der Waals surface area contributed by atoms with E-state index in [0.29, 0.717) is 17.1 Å². The maximum Gasteiger partial charge on any atom is 0.323 e. The van der Waals surface area contributed by atoms with Crippen LogP contribution in [0.5, 0.6) is 5.75 Å². The second-order valence-electron chi connectivity index (χ2n) is 7.87. The summed E-state index contributed by atoms with van der Waals surface area (Å²) in [6.45, 7) is 5.93. The van der Waals surface area contributed by atoms with Crippen LogP contribution in [-0.2, 0) is 0 Å². The van der Waals surface area contributed by atoms with E-state index in [1.807, 2.05) is 62.4 Å². The van der Waals surface area contributed by atoms with Crippen molar-refractivity contribution in [3.63, 3.8) is 0 Å². The minimum Gasteiger partial charge on any atom is -0.495 e. The maximum absolute atomic E-state index is 12.4. The normalized spacial score (nSPS) is 13.0. The number of nitrogens with zero attached hydrogens (tertiary/aromatic N) is 3. The average molecular weight is 433 g/mol. The lowest BCUT2D eigenvalue weighted by Crippen LogP contribution is -2.21. The number of methoxy groups -OCH3 is 1. The number of aromatic nitrogens is 2. The Morgan fingerprint density at radius 2 is 1.66 bits per heavy atom. The first kappa shape index (κ1) is 21.4. The van der Waals surface area contributed by atoms with E-state index in [1.54, 1.807) is 7.11 Å². The van der Waals surface area contributed by atoms with Crippen molar-refractivity contribution in [2.24, 2.45) is 0 Å². The van der Waals surface area contributed by atoms with Crippen molar-refractivity contribution in [2.75, 3.05) is 41.0 Å². The van der Waals surface area contributed by atoms with Crippen LogP contribution < -0.4 is 25.6 Å². The Kier molecular flexibility index (Phi) is 6.39. The van der Waals surface area contributed by atoms with Gasteiger partial charge in [0.05, 0.1) is 12.8 Å². The lowest BCUT2D eigenvalue weighted by Gasteiger charge is -2.17. The molecule has 2 amide bonds. The Balaban J connectivity index is 1.39. The second kappa shape index (κ2) is 9.55. The van der Waals surface area contributed by atoms with E-state index in [4.69, 9.17) is 4.74 Å². The van der Waals surface area contributed by atoms with Crippen LogP contribution >= 0.6 is 0 Å². The van der Waals surface area contributed by atoms with Gasteiger partial charge in [-0.3, -0.25) is 0 Å². The van der Waals surface area contributed by atoms with Gasteiger partial charge in [-0.15, -0.1) is 0 Å². The Morgan fingerprint density at radius 3 is 2.38 bits per heavy atom. The number of carbonyl (C=O) groups is 1. The molecular weight excluding hydrogens is 404 g/mol. The second-order valence-corrected chi connectivity index (χ2v) is 7.87. The molecule has 0 spiro atoms. The first-order valence-corrected chi connectivity index (χ1v) is 10.7. The number of hydrogen-bond donors (Lipinski definition) is 3. The molecule has 1 aromatic heterocycles. The van der Waals surface area contributed by atoms with Gasteiger partial charge in [-0.1, -0.05) is 6.07 Å². The van der Waals surface area contributed by atoms with Crippen LogP contribution in [0.2, 0.25) is 0 Å². The summed E-state index contributed by atoms with van der Waals surface area (Å²) in [5.74, 6) is 2.13. The molecule has 3 N–H and O–H groups in total. The molecule has 4 rings (SSSR count). The van der Waals surface area contributed by atoms with Crippen LogP contribution in [0.15, 0.2) is 48.5 Å². The number of urea groups is 1. The number of carbonyl (C=O) groups excluding carboxylic acids is 1. The van der Waals surface area contributed by atoms with Crippen LogP contribution in [0.4, 0.5) is 33.6 Å². The molecule has 0 aliphatic carbocycles. The van der Waals surface area contributed by atoms with Gasteiger partial charge in [0.2, 0.25) is 5.95 Å². The van der Waals surface area contributed by atoms with Gasteiger partial charge >= 0.3 is 6.03 Å². The van der Waals surface area contributed by atoms with Crippen molar-refractivity contribution in [3.8, 4) is 5.75 Å². The van der Waals surface area contributed by atoms with Crippen molar-refractivity contribution in [1.82, 2.24) is 9.97 Å². The van der Waals surface area contributed by atoms with Crippen LogP contribution in [0.25, 0.3) is 0 Å². The first-order valence-electron chi connectivity index (χ1n) is 10.7. The third-order valence-electron chi connectivity index (χ3n) is 5.25. The third-order valence-corrected chi connectivity index (χ3v) is 5.25. The summed E-state index contributed by atoms with van der Waals surface area (Å²) in [6.07, 6.45) is 2.36. The summed E-state index contributed by atoms with van der Waals surface area (Å²) in [6, 6.07) is 14.7. The minimum atomic E-state index is -0.337. The van der Waals surface area contributed by atoms with Crippen molar-refractivity contribution in [1.29, 1.82) is 0 Å². The van der Waals surface area contributed by atoms with Gasteiger partial charge in [0.25, 0.3) is 0 Å². The van der Waals surface area contributed by atoms with Gasteiger partial charge in [0, 0.05) is 36.2 Å². The number of aryl methyl sites for hydroxylation is 2. The SMILES string of the molecule is COc1ccc(C)cc1NC(=O)Nc1ccc(Nc2cc(C)nc(N3CCCC3)n2)cc1. The van der Waals surface area contributed by atoms with E-state index in [0.717, 1.165) is 41.8 Å². The Bertz CT molecular complexity index is 1090. The molecule has 1 saturated heterocycles. The van der Waals surface area contributed by atoms with Crippen LogP contribution in [0.3, 0.4) is 0 Å². The molecule has 0 saturated carbocycles. The zero-order valence-electron chi connectivity index (χ0n) is 18.6. The lowest BCUT2D eigenvalue weighted by atomic mass is 10.2. The molecule has 0 unspecified atom stereocenters. The fourth-order valence-electron chi connectivity index (χ4n) is 3.66. The number of hydrogen-bond acceptors (Lipinski definition) is 6. The third kappa shape index (κ3) is 5.26. The zero-order valence-corrected chi connectivity index (χ0v) is 18.6. The summed E-state index contributed by atoms with van der Waals surface area (Å²) < 4.78 is 5.31. The number of ether oxygens (including phenoxy) is 1. The van der Waals surface area contributed by atoms with E-state index in [9.17, 15) is 4.79 Å². The molecular formula is C24H28N6O2. The molecule has 8 heteroatoms. The fourth-order valence-corrected chi connectivity index (χ4v) is 3.66. The van der Waals surface area contributed by atoms with E-state index < -0.39 is 0 Å². The molecule has 0 bridgehead atoms. The van der Waals surface area contributed by atoms with E-state index in [-0.39, 0.29) is 6.03 Å². The zero-order chi connectivity index (χ0) is 22.5. The van der Waals surface area contributed by atoms with Gasteiger partial charge < -0.3 is 25.6 Å². The van der Waals surface area contributed by atoms with Gasteiger partial charge in [-0.05, 0) is 68.7 Å². The van der Waals surface area contributed by atoms with E-state index >= 15 is 0 Å². The van der Waals surface area contributed by atoms with Crippen molar-refractivity contribution < 1.29 is 9.53 Å². The van der Waals surface area contributed by atoms with Crippen molar-refractivity contribution >= 4 is 34.9 Å². The van der Waals surface area contributed by atoms with Crippen LogP contribution in [0.1, 0.15) is 24.1 Å².